The molecule has 2 rings (SSSR count). The lowest BCUT2D eigenvalue weighted by Crippen LogP contribution is -2.35. The Morgan fingerprint density at radius 3 is 2.94 bits per heavy atom. The summed E-state index contributed by atoms with van der Waals surface area (Å²) in [4.78, 5) is 10.8. The number of hydrogen-bond acceptors (Lipinski definition) is 4. The number of anilines is 1. The predicted octanol–water partition coefficient (Wildman–Crippen LogP) is 1.60. The molecule has 1 fully saturated rings. The minimum Gasteiger partial charge on any atom is -0.390 e. The van der Waals surface area contributed by atoms with Crippen LogP contribution in [0, 0.1) is 5.92 Å². The number of aliphatic hydroxyl groups is 1. The van der Waals surface area contributed by atoms with E-state index < -0.39 is 0 Å². The highest BCUT2D eigenvalue weighted by Gasteiger charge is 2.19. The minimum atomic E-state index is -0.0368. The van der Waals surface area contributed by atoms with Crippen LogP contribution in [0.1, 0.15) is 31.9 Å². The third-order valence-electron chi connectivity index (χ3n) is 3.27. The summed E-state index contributed by atoms with van der Waals surface area (Å²) in [6.45, 7) is 4.37. The highest BCUT2D eigenvalue weighted by atomic mass is 16.3. The third-order valence-corrected chi connectivity index (χ3v) is 3.27. The molecule has 1 unspecified atom stereocenters. The highest BCUT2D eigenvalue weighted by Crippen LogP contribution is 2.22. The molecule has 0 aromatic carbocycles. The van der Waals surface area contributed by atoms with Gasteiger partial charge in [0.15, 0.2) is 0 Å². The van der Waals surface area contributed by atoms with E-state index in [0.29, 0.717) is 5.69 Å². The molecule has 0 spiro atoms. The monoisotopic (exact) mass is 221 g/mol. The van der Waals surface area contributed by atoms with E-state index >= 15 is 0 Å². The van der Waals surface area contributed by atoms with Crippen LogP contribution >= 0.6 is 0 Å². The van der Waals surface area contributed by atoms with Crippen molar-refractivity contribution in [3.05, 3.63) is 18.1 Å². The molecule has 1 aliphatic rings. The minimum absolute atomic E-state index is 0.0368. The van der Waals surface area contributed by atoms with Crippen molar-refractivity contribution >= 4 is 5.82 Å². The maximum Gasteiger partial charge on any atom is 0.147 e. The van der Waals surface area contributed by atoms with Gasteiger partial charge in [0.05, 0.1) is 24.7 Å². The second-order valence-corrected chi connectivity index (χ2v) is 4.39. The lowest BCUT2D eigenvalue weighted by atomic mass is 9.96. The maximum atomic E-state index is 8.90. The van der Waals surface area contributed by atoms with Crippen LogP contribution in [0.15, 0.2) is 12.4 Å². The molecule has 88 valence electrons. The Bertz CT molecular complexity index is 326. The second kappa shape index (κ2) is 5.25. The zero-order valence-corrected chi connectivity index (χ0v) is 9.76. The van der Waals surface area contributed by atoms with Crippen LogP contribution in [0.5, 0.6) is 0 Å². The molecule has 1 atom stereocenters. The topological polar surface area (TPSA) is 49.2 Å². The molecule has 1 aliphatic heterocycles. The van der Waals surface area contributed by atoms with Crippen LogP contribution < -0.4 is 4.90 Å². The van der Waals surface area contributed by atoms with Gasteiger partial charge < -0.3 is 10.0 Å². The van der Waals surface area contributed by atoms with Crippen molar-refractivity contribution in [2.75, 3.05) is 18.0 Å². The molecule has 4 heteroatoms. The van der Waals surface area contributed by atoms with Gasteiger partial charge in [-0.25, -0.2) is 4.98 Å². The summed E-state index contributed by atoms with van der Waals surface area (Å²) >= 11 is 0. The quantitative estimate of drug-likeness (QED) is 0.842. The molecule has 0 saturated carbocycles. The van der Waals surface area contributed by atoms with E-state index in [-0.39, 0.29) is 6.61 Å². The van der Waals surface area contributed by atoms with E-state index in [0.717, 1.165) is 24.8 Å². The number of aliphatic hydroxyl groups excluding tert-OH is 1. The fourth-order valence-corrected chi connectivity index (χ4v) is 2.20. The van der Waals surface area contributed by atoms with Gasteiger partial charge in [0.1, 0.15) is 5.82 Å². The Kier molecular flexibility index (Phi) is 3.72. The molecule has 1 N–H and O–H groups in total. The van der Waals surface area contributed by atoms with E-state index in [2.05, 4.69) is 21.8 Å². The molecule has 2 heterocycles. The number of rotatable bonds is 3. The van der Waals surface area contributed by atoms with E-state index in [1.54, 1.807) is 12.4 Å². The van der Waals surface area contributed by atoms with E-state index in [9.17, 15) is 0 Å². The van der Waals surface area contributed by atoms with Crippen LogP contribution in [-0.4, -0.2) is 28.2 Å². The Hall–Kier alpha value is -1.16. The zero-order valence-electron chi connectivity index (χ0n) is 9.76. The molecule has 0 amide bonds. The Morgan fingerprint density at radius 1 is 1.44 bits per heavy atom. The maximum absolute atomic E-state index is 8.90. The molecule has 4 nitrogen and oxygen atoms in total. The number of aromatic nitrogens is 2. The molecule has 1 aromatic heterocycles. The molecular formula is C12H19N3O. The Morgan fingerprint density at radius 2 is 2.31 bits per heavy atom. The fourth-order valence-electron chi connectivity index (χ4n) is 2.20. The normalized spacial score (nSPS) is 21.1. The number of nitrogens with zero attached hydrogens (tertiary/aromatic N) is 3. The van der Waals surface area contributed by atoms with Crippen molar-refractivity contribution in [2.24, 2.45) is 5.92 Å². The Labute approximate surface area is 96.3 Å². The first-order chi connectivity index (χ1) is 7.83. The lowest BCUT2D eigenvalue weighted by molar-refractivity contribution is 0.276. The molecule has 0 aliphatic carbocycles. The first kappa shape index (κ1) is 11.3. The molecule has 0 bridgehead atoms. The number of piperidine rings is 1. The van der Waals surface area contributed by atoms with Gasteiger partial charge in [-0.05, 0) is 18.8 Å². The van der Waals surface area contributed by atoms with Crippen molar-refractivity contribution in [1.82, 2.24) is 9.97 Å². The van der Waals surface area contributed by atoms with Gasteiger partial charge in [0, 0.05) is 13.1 Å². The van der Waals surface area contributed by atoms with E-state index in [4.69, 9.17) is 5.11 Å². The zero-order chi connectivity index (χ0) is 11.4. The van der Waals surface area contributed by atoms with Crippen molar-refractivity contribution in [2.45, 2.75) is 32.8 Å². The van der Waals surface area contributed by atoms with Crippen LogP contribution in [-0.2, 0) is 6.61 Å². The summed E-state index contributed by atoms with van der Waals surface area (Å²) in [5, 5.41) is 8.90. The second-order valence-electron chi connectivity index (χ2n) is 4.39. The van der Waals surface area contributed by atoms with Gasteiger partial charge in [-0.15, -0.1) is 0 Å². The van der Waals surface area contributed by atoms with Gasteiger partial charge in [0.2, 0.25) is 0 Å². The van der Waals surface area contributed by atoms with Crippen molar-refractivity contribution in [3.8, 4) is 0 Å². The van der Waals surface area contributed by atoms with Gasteiger partial charge in [-0.3, -0.25) is 4.98 Å². The van der Waals surface area contributed by atoms with Crippen molar-refractivity contribution in [1.29, 1.82) is 0 Å². The summed E-state index contributed by atoms with van der Waals surface area (Å²) in [6, 6.07) is 0. The molecule has 0 radical (unpaired) electrons. The first-order valence-electron chi connectivity index (χ1n) is 6.00. The predicted molar refractivity (Wildman–Crippen MR) is 63.2 cm³/mol. The van der Waals surface area contributed by atoms with E-state index in [1.807, 2.05) is 0 Å². The average Bonchev–Trinajstić information content (AvgIpc) is 2.39. The van der Waals surface area contributed by atoms with Gasteiger partial charge >= 0.3 is 0 Å². The Balaban J connectivity index is 2.05. The average molecular weight is 221 g/mol. The van der Waals surface area contributed by atoms with Crippen LogP contribution in [0.25, 0.3) is 0 Å². The summed E-state index contributed by atoms with van der Waals surface area (Å²) in [7, 11) is 0. The number of hydrogen-bond donors (Lipinski definition) is 1. The first-order valence-corrected chi connectivity index (χ1v) is 6.00. The smallest absolute Gasteiger partial charge is 0.147 e. The van der Waals surface area contributed by atoms with Gasteiger partial charge in [0.25, 0.3) is 0 Å². The highest BCUT2D eigenvalue weighted by molar-refractivity contribution is 5.36. The SMILES string of the molecule is CCC1CCCN(c2cnc(CO)cn2)C1. The van der Waals surface area contributed by atoms with Crippen molar-refractivity contribution in [3.63, 3.8) is 0 Å². The summed E-state index contributed by atoms with van der Waals surface area (Å²) < 4.78 is 0. The van der Waals surface area contributed by atoms with Crippen LogP contribution in [0.3, 0.4) is 0 Å². The summed E-state index contributed by atoms with van der Waals surface area (Å²) in [5.41, 5.74) is 0.632. The van der Waals surface area contributed by atoms with E-state index in [1.165, 1.54) is 19.3 Å². The third kappa shape index (κ3) is 2.50. The lowest BCUT2D eigenvalue weighted by Gasteiger charge is -2.32. The standard InChI is InChI=1S/C12H19N3O/c1-2-10-4-3-5-15(8-10)12-7-13-11(9-16)6-14-12/h6-7,10,16H,2-5,8-9H2,1H3. The van der Waals surface area contributed by atoms with Crippen molar-refractivity contribution < 1.29 is 5.11 Å². The molecular weight excluding hydrogens is 202 g/mol. The van der Waals surface area contributed by atoms with Crippen LogP contribution in [0.4, 0.5) is 5.82 Å². The summed E-state index contributed by atoms with van der Waals surface area (Å²) in [5.74, 6) is 1.73. The summed E-state index contributed by atoms with van der Waals surface area (Å²) in [6.07, 6.45) is 7.23. The largest absolute Gasteiger partial charge is 0.390 e. The molecule has 1 saturated heterocycles. The molecule has 1 aromatic rings. The molecule has 16 heavy (non-hydrogen) atoms. The fraction of sp³-hybridized carbons (Fsp3) is 0.667. The van der Waals surface area contributed by atoms with Gasteiger partial charge in [-0.1, -0.05) is 13.3 Å². The van der Waals surface area contributed by atoms with Crippen LogP contribution in [0.2, 0.25) is 0 Å². The van der Waals surface area contributed by atoms with Gasteiger partial charge in [-0.2, -0.15) is 0 Å².